The largest absolute Gasteiger partial charge is 0.324 e. The zero-order chi connectivity index (χ0) is 10.2. The van der Waals surface area contributed by atoms with E-state index in [1.807, 2.05) is 12.1 Å². The van der Waals surface area contributed by atoms with Crippen molar-refractivity contribution in [1.82, 2.24) is 4.90 Å². The smallest absolute Gasteiger partial charge is 0.0485 e. The Kier molecular flexibility index (Phi) is 2.21. The summed E-state index contributed by atoms with van der Waals surface area (Å²) < 4.78 is 0. The van der Waals surface area contributed by atoms with Crippen molar-refractivity contribution in [2.24, 2.45) is 5.84 Å². The maximum atomic E-state index is 5.32. The van der Waals surface area contributed by atoms with Crippen molar-refractivity contribution >= 4 is 5.69 Å². The van der Waals surface area contributed by atoms with Gasteiger partial charge >= 0.3 is 0 Å². The molecule has 1 aromatic rings. The molecule has 1 fully saturated rings. The lowest BCUT2D eigenvalue weighted by atomic mass is 10.0. The fraction of sp³-hybridized carbons (Fsp3) is 0.455. The molecule has 0 saturated heterocycles. The molecule has 1 aromatic carbocycles. The number of hydrogen-bond donors (Lipinski definition) is 2. The number of nitrogen functional groups attached to an aromatic ring is 1. The van der Waals surface area contributed by atoms with E-state index in [-0.39, 0.29) is 0 Å². The van der Waals surface area contributed by atoms with Gasteiger partial charge in [0.2, 0.25) is 0 Å². The first kappa shape index (κ1) is 9.49. The average molecular weight is 191 g/mol. The Hall–Kier alpha value is -1.06. The Balaban J connectivity index is 2.25. The standard InChI is InChI=1S/C11H17N3/c1-14(2)11(7-8-11)9-3-5-10(13-12)6-4-9/h3-6,13H,7-8,12H2,1-2H3. The van der Waals surface area contributed by atoms with Crippen LogP contribution >= 0.6 is 0 Å². The maximum absolute atomic E-state index is 5.32. The molecule has 0 atom stereocenters. The minimum absolute atomic E-state index is 0.299. The van der Waals surface area contributed by atoms with Crippen LogP contribution in [0.25, 0.3) is 0 Å². The van der Waals surface area contributed by atoms with Crippen molar-refractivity contribution in [2.45, 2.75) is 18.4 Å². The number of nitrogens with zero attached hydrogens (tertiary/aromatic N) is 1. The van der Waals surface area contributed by atoms with E-state index in [0.29, 0.717) is 5.54 Å². The monoisotopic (exact) mass is 191 g/mol. The van der Waals surface area contributed by atoms with Crippen molar-refractivity contribution in [1.29, 1.82) is 0 Å². The minimum Gasteiger partial charge on any atom is -0.324 e. The fourth-order valence-electron chi connectivity index (χ4n) is 1.99. The third kappa shape index (κ3) is 1.38. The zero-order valence-electron chi connectivity index (χ0n) is 8.75. The van der Waals surface area contributed by atoms with Crippen LogP contribution in [-0.4, -0.2) is 19.0 Å². The summed E-state index contributed by atoms with van der Waals surface area (Å²) in [5.74, 6) is 5.32. The van der Waals surface area contributed by atoms with Crippen molar-refractivity contribution in [3.8, 4) is 0 Å². The molecule has 3 nitrogen and oxygen atoms in total. The molecular formula is C11H17N3. The summed E-state index contributed by atoms with van der Waals surface area (Å²) in [4.78, 5) is 2.30. The molecule has 3 N–H and O–H groups in total. The van der Waals surface area contributed by atoms with Crippen molar-refractivity contribution in [3.05, 3.63) is 29.8 Å². The van der Waals surface area contributed by atoms with Gasteiger partial charge in [-0.15, -0.1) is 0 Å². The molecule has 0 aromatic heterocycles. The first-order chi connectivity index (χ1) is 6.69. The number of nitrogens with two attached hydrogens (primary N) is 1. The highest BCUT2D eigenvalue weighted by Gasteiger charge is 2.46. The summed E-state index contributed by atoms with van der Waals surface area (Å²) in [6, 6.07) is 8.36. The van der Waals surface area contributed by atoms with Crippen LogP contribution in [-0.2, 0) is 5.54 Å². The van der Waals surface area contributed by atoms with Gasteiger partial charge in [0.15, 0.2) is 0 Å². The van der Waals surface area contributed by atoms with Gasteiger partial charge in [0.1, 0.15) is 0 Å². The van der Waals surface area contributed by atoms with E-state index in [4.69, 9.17) is 5.84 Å². The van der Waals surface area contributed by atoms with Gasteiger partial charge in [0.05, 0.1) is 0 Å². The Bertz CT molecular complexity index is 312. The van der Waals surface area contributed by atoms with Crippen LogP contribution in [0.4, 0.5) is 5.69 Å². The Morgan fingerprint density at radius 1 is 1.21 bits per heavy atom. The summed E-state index contributed by atoms with van der Waals surface area (Å²) in [5.41, 5.74) is 5.29. The minimum atomic E-state index is 0.299. The van der Waals surface area contributed by atoms with Crippen molar-refractivity contribution in [3.63, 3.8) is 0 Å². The molecule has 3 heteroatoms. The molecule has 0 amide bonds. The highest BCUT2D eigenvalue weighted by molar-refractivity contribution is 5.45. The molecule has 76 valence electrons. The second-order valence-electron chi connectivity index (χ2n) is 4.15. The molecule has 0 aliphatic heterocycles. The van der Waals surface area contributed by atoms with Gasteiger partial charge in [-0.2, -0.15) is 0 Å². The van der Waals surface area contributed by atoms with E-state index in [0.717, 1.165) is 5.69 Å². The van der Waals surface area contributed by atoms with Crippen LogP contribution in [0.3, 0.4) is 0 Å². The third-order valence-corrected chi connectivity index (χ3v) is 3.17. The number of hydrazine groups is 1. The van der Waals surface area contributed by atoms with E-state index in [1.54, 1.807) is 0 Å². The number of rotatable bonds is 3. The van der Waals surface area contributed by atoms with Gasteiger partial charge in [-0.3, -0.25) is 10.7 Å². The van der Waals surface area contributed by atoms with Gasteiger partial charge in [-0.25, -0.2) is 0 Å². The molecule has 1 aliphatic carbocycles. The lowest BCUT2D eigenvalue weighted by Crippen LogP contribution is -2.27. The second-order valence-corrected chi connectivity index (χ2v) is 4.15. The summed E-state index contributed by atoms with van der Waals surface area (Å²) in [7, 11) is 4.28. The Morgan fingerprint density at radius 2 is 1.79 bits per heavy atom. The van der Waals surface area contributed by atoms with Gasteiger partial charge in [0.25, 0.3) is 0 Å². The lowest BCUT2D eigenvalue weighted by molar-refractivity contribution is 0.276. The Labute approximate surface area is 84.9 Å². The van der Waals surface area contributed by atoms with Gasteiger partial charge < -0.3 is 5.43 Å². The van der Waals surface area contributed by atoms with E-state index in [9.17, 15) is 0 Å². The van der Waals surface area contributed by atoms with Crippen LogP contribution in [0.15, 0.2) is 24.3 Å². The maximum Gasteiger partial charge on any atom is 0.0485 e. The van der Waals surface area contributed by atoms with Crippen LogP contribution < -0.4 is 11.3 Å². The SMILES string of the molecule is CN(C)C1(c2ccc(NN)cc2)CC1. The van der Waals surface area contributed by atoms with Crippen molar-refractivity contribution in [2.75, 3.05) is 19.5 Å². The first-order valence-corrected chi connectivity index (χ1v) is 4.94. The van der Waals surface area contributed by atoms with Crippen LogP contribution in [0.2, 0.25) is 0 Å². The molecule has 2 rings (SSSR count). The summed E-state index contributed by atoms with van der Waals surface area (Å²) in [6.07, 6.45) is 2.52. The average Bonchev–Trinajstić information content (AvgIpc) is 2.99. The van der Waals surface area contributed by atoms with Crippen molar-refractivity contribution < 1.29 is 0 Å². The zero-order valence-corrected chi connectivity index (χ0v) is 8.75. The molecule has 1 aliphatic rings. The van der Waals surface area contributed by atoms with E-state index in [2.05, 4.69) is 36.6 Å². The van der Waals surface area contributed by atoms with Crippen LogP contribution in [0, 0.1) is 0 Å². The third-order valence-electron chi connectivity index (χ3n) is 3.17. The summed E-state index contributed by atoms with van der Waals surface area (Å²) in [5, 5.41) is 0. The van der Waals surface area contributed by atoms with E-state index < -0.39 is 0 Å². The Morgan fingerprint density at radius 3 is 2.14 bits per heavy atom. The number of hydrogen-bond acceptors (Lipinski definition) is 3. The second kappa shape index (κ2) is 3.26. The van der Waals surface area contributed by atoms with Crippen LogP contribution in [0.1, 0.15) is 18.4 Å². The molecule has 0 bridgehead atoms. The highest BCUT2D eigenvalue weighted by atomic mass is 15.2. The van der Waals surface area contributed by atoms with Gasteiger partial charge in [-0.1, -0.05) is 12.1 Å². The molecule has 14 heavy (non-hydrogen) atoms. The first-order valence-electron chi connectivity index (χ1n) is 4.94. The number of nitrogens with one attached hydrogen (secondary N) is 1. The normalized spacial score (nSPS) is 18.3. The topological polar surface area (TPSA) is 41.3 Å². The number of anilines is 1. The molecule has 0 unspecified atom stereocenters. The van der Waals surface area contributed by atoms with E-state index in [1.165, 1.54) is 18.4 Å². The van der Waals surface area contributed by atoms with Gasteiger partial charge in [-0.05, 0) is 44.6 Å². The molecule has 0 radical (unpaired) electrons. The number of benzene rings is 1. The molecule has 0 heterocycles. The predicted octanol–water partition coefficient (Wildman–Crippen LogP) is 1.52. The fourth-order valence-corrected chi connectivity index (χ4v) is 1.99. The quantitative estimate of drug-likeness (QED) is 0.562. The molecule has 0 spiro atoms. The lowest BCUT2D eigenvalue weighted by Gasteiger charge is -2.24. The molecular weight excluding hydrogens is 174 g/mol. The predicted molar refractivity (Wildman–Crippen MR) is 58.9 cm³/mol. The highest BCUT2D eigenvalue weighted by Crippen LogP contribution is 2.49. The summed E-state index contributed by atoms with van der Waals surface area (Å²) in [6.45, 7) is 0. The van der Waals surface area contributed by atoms with Crippen LogP contribution in [0.5, 0.6) is 0 Å². The van der Waals surface area contributed by atoms with E-state index >= 15 is 0 Å². The van der Waals surface area contributed by atoms with Gasteiger partial charge in [0, 0.05) is 11.2 Å². The summed E-state index contributed by atoms with van der Waals surface area (Å²) >= 11 is 0. The molecule has 1 saturated carbocycles.